The number of carboxylic acid groups (broad SMARTS) is 1. The standard InChI is InChI=1S/C5H5NO2S2/c7-5(8)4(9)3-1-10-2-6-3/h1-2,4,9H,(H,7,8). The zero-order chi connectivity index (χ0) is 7.56. The summed E-state index contributed by atoms with van der Waals surface area (Å²) in [6.07, 6.45) is 0. The molecule has 54 valence electrons. The third-order valence-electron chi connectivity index (χ3n) is 0.965. The predicted molar refractivity (Wildman–Crippen MR) is 41.5 cm³/mol. The van der Waals surface area contributed by atoms with Gasteiger partial charge in [0.2, 0.25) is 0 Å². The van der Waals surface area contributed by atoms with E-state index in [0.29, 0.717) is 5.69 Å². The Balaban J connectivity index is 2.77. The van der Waals surface area contributed by atoms with Crippen LogP contribution in [-0.4, -0.2) is 16.1 Å². The number of carboxylic acids is 1. The van der Waals surface area contributed by atoms with Crippen LogP contribution >= 0.6 is 24.0 Å². The molecule has 0 bridgehead atoms. The molecule has 5 heteroatoms. The SMILES string of the molecule is O=C(O)C(S)c1cscn1. The average Bonchev–Trinajstić information content (AvgIpc) is 2.36. The Labute approximate surface area is 67.1 Å². The van der Waals surface area contributed by atoms with Gasteiger partial charge in [0.05, 0.1) is 11.2 Å². The molecular weight excluding hydrogens is 170 g/mol. The minimum absolute atomic E-state index is 0.501. The minimum atomic E-state index is -0.964. The Bertz CT molecular complexity index is 222. The van der Waals surface area contributed by atoms with Crippen molar-refractivity contribution in [2.45, 2.75) is 5.25 Å². The largest absolute Gasteiger partial charge is 0.480 e. The summed E-state index contributed by atoms with van der Waals surface area (Å²) in [4.78, 5) is 14.1. The van der Waals surface area contributed by atoms with Gasteiger partial charge in [0, 0.05) is 5.38 Å². The number of nitrogens with zero attached hydrogens (tertiary/aromatic N) is 1. The van der Waals surface area contributed by atoms with Crippen LogP contribution in [0.4, 0.5) is 0 Å². The van der Waals surface area contributed by atoms with E-state index in [-0.39, 0.29) is 0 Å². The van der Waals surface area contributed by atoms with E-state index in [9.17, 15) is 4.79 Å². The fourth-order valence-corrected chi connectivity index (χ4v) is 1.31. The van der Waals surface area contributed by atoms with E-state index < -0.39 is 11.2 Å². The molecule has 1 unspecified atom stereocenters. The second-order valence-electron chi connectivity index (χ2n) is 1.65. The Kier molecular flexibility index (Phi) is 2.29. The van der Waals surface area contributed by atoms with Crippen LogP contribution in [0.1, 0.15) is 10.9 Å². The number of carbonyl (C=O) groups is 1. The van der Waals surface area contributed by atoms with Gasteiger partial charge in [-0.1, -0.05) is 0 Å². The zero-order valence-corrected chi connectivity index (χ0v) is 6.60. The summed E-state index contributed by atoms with van der Waals surface area (Å²) < 4.78 is 0. The van der Waals surface area contributed by atoms with E-state index in [1.807, 2.05) is 0 Å². The lowest BCUT2D eigenvalue weighted by atomic mass is 10.3. The van der Waals surface area contributed by atoms with Crippen molar-refractivity contribution in [3.8, 4) is 0 Å². The van der Waals surface area contributed by atoms with Crippen LogP contribution < -0.4 is 0 Å². The van der Waals surface area contributed by atoms with E-state index in [2.05, 4.69) is 17.6 Å². The maximum Gasteiger partial charge on any atom is 0.322 e. The number of hydrogen-bond acceptors (Lipinski definition) is 4. The molecule has 1 rings (SSSR count). The van der Waals surface area contributed by atoms with Gasteiger partial charge in [0.1, 0.15) is 5.25 Å². The molecule has 0 aromatic carbocycles. The van der Waals surface area contributed by atoms with Crippen LogP contribution in [0.15, 0.2) is 10.9 Å². The molecule has 0 aliphatic rings. The summed E-state index contributed by atoms with van der Waals surface area (Å²) in [6.45, 7) is 0. The number of hydrogen-bond donors (Lipinski definition) is 2. The van der Waals surface area contributed by atoms with E-state index in [0.717, 1.165) is 0 Å². The summed E-state index contributed by atoms with van der Waals surface area (Å²) >= 11 is 5.19. The van der Waals surface area contributed by atoms with Gasteiger partial charge >= 0.3 is 5.97 Å². The summed E-state index contributed by atoms with van der Waals surface area (Å²) in [5.74, 6) is -0.964. The van der Waals surface area contributed by atoms with Crippen molar-refractivity contribution >= 4 is 29.9 Å². The molecule has 0 aliphatic carbocycles. The molecule has 0 amide bonds. The second kappa shape index (κ2) is 3.03. The van der Waals surface area contributed by atoms with Gasteiger partial charge in [-0.05, 0) is 0 Å². The van der Waals surface area contributed by atoms with E-state index in [4.69, 9.17) is 5.11 Å². The van der Waals surface area contributed by atoms with E-state index >= 15 is 0 Å². The van der Waals surface area contributed by atoms with Crippen molar-refractivity contribution in [3.05, 3.63) is 16.6 Å². The Morgan fingerprint density at radius 2 is 2.60 bits per heavy atom. The van der Waals surface area contributed by atoms with E-state index in [1.165, 1.54) is 11.3 Å². The maximum absolute atomic E-state index is 10.3. The quantitative estimate of drug-likeness (QED) is 0.664. The van der Waals surface area contributed by atoms with Crippen molar-refractivity contribution in [1.29, 1.82) is 0 Å². The van der Waals surface area contributed by atoms with Crippen LogP contribution in [-0.2, 0) is 4.79 Å². The van der Waals surface area contributed by atoms with Crippen LogP contribution in [0.3, 0.4) is 0 Å². The van der Waals surface area contributed by atoms with E-state index in [1.54, 1.807) is 10.9 Å². The fraction of sp³-hybridized carbons (Fsp3) is 0.200. The van der Waals surface area contributed by atoms with Crippen molar-refractivity contribution in [1.82, 2.24) is 4.98 Å². The molecule has 1 N–H and O–H groups in total. The summed E-state index contributed by atoms with van der Waals surface area (Å²) in [5.41, 5.74) is 2.09. The molecule has 1 aromatic rings. The van der Waals surface area contributed by atoms with Crippen LogP contribution in [0.2, 0.25) is 0 Å². The lowest BCUT2D eigenvalue weighted by Crippen LogP contribution is -2.04. The topological polar surface area (TPSA) is 50.2 Å². The number of thiol groups is 1. The average molecular weight is 175 g/mol. The molecule has 1 aromatic heterocycles. The molecule has 3 nitrogen and oxygen atoms in total. The first-order chi connectivity index (χ1) is 4.72. The van der Waals surface area contributed by atoms with Gasteiger partial charge < -0.3 is 5.11 Å². The highest BCUT2D eigenvalue weighted by Crippen LogP contribution is 2.18. The van der Waals surface area contributed by atoms with Gasteiger partial charge in [-0.25, -0.2) is 4.98 Å². The van der Waals surface area contributed by atoms with Gasteiger partial charge in [0.15, 0.2) is 0 Å². The van der Waals surface area contributed by atoms with Crippen molar-refractivity contribution < 1.29 is 9.90 Å². The number of thiazole rings is 1. The predicted octanol–water partition coefficient (Wildman–Crippen LogP) is 1.20. The van der Waals surface area contributed by atoms with Crippen LogP contribution in [0.25, 0.3) is 0 Å². The highest BCUT2D eigenvalue weighted by molar-refractivity contribution is 7.81. The number of aromatic nitrogens is 1. The molecule has 0 saturated heterocycles. The van der Waals surface area contributed by atoms with Gasteiger partial charge in [0.25, 0.3) is 0 Å². The summed E-state index contributed by atoms with van der Waals surface area (Å²) in [7, 11) is 0. The Morgan fingerprint density at radius 3 is 3.00 bits per heavy atom. The van der Waals surface area contributed by atoms with Crippen molar-refractivity contribution in [2.24, 2.45) is 0 Å². The first-order valence-corrected chi connectivity index (χ1v) is 3.96. The van der Waals surface area contributed by atoms with Gasteiger partial charge in [-0.2, -0.15) is 12.6 Å². The third kappa shape index (κ3) is 1.48. The number of rotatable bonds is 2. The molecule has 0 saturated carbocycles. The first kappa shape index (κ1) is 7.56. The smallest absolute Gasteiger partial charge is 0.322 e. The maximum atomic E-state index is 10.3. The Hall–Kier alpha value is -0.550. The molecule has 0 spiro atoms. The van der Waals surface area contributed by atoms with Gasteiger partial charge in [-0.15, -0.1) is 11.3 Å². The second-order valence-corrected chi connectivity index (χ2v) is 2.89. The summed E-state index contributed by atoms with van der Waals surface area (Å²) in [5, 5.41) is 9.33. The third-order valence-corrected chi connectivity index (χ3v) is 2.06. The zero-order valence-electron chi connectivity index (χ0n) is 4.89. The van der Waals surface area contributed by atoms with Crippen LogP contribution in [0.5, 0.6) is 0 Å². The highest BCUT2D eigenvalue weighted by atomic mass is 32.1. The lowest BCUT2D eigenvalue weighted by Gasteiger charge is -1.97. The molecule has 10 heavy (non-hydrogen) atoms. The van der Waals surface area contributed by atoms with Crippen molar-refractivity contribution in [3.63, 3.8) is 0 Å². The monoisotopic (exact) mass is 175 g/mol. The molecular formula is C5H5NO2S2. The van der Waals surface area contributed by atoms with Crippen molar-refractivity contribution in [2.75, 3.05) is 0 Å². The Morgan fingerprint density at radius 1 is 1.90 bits per heavy atom. The summed E-state index contributed by atoms with van der Waals surface area (Å²) in [6, 6.07) is 0. The molecule has 0 aliphatic heterocycles. The molecule has 0 fully saturated rings. The highest BCUT2D eigenvalue weighted by Gasteiger charge is 2.15. The van der Waals surface area contributed by atoms with Crippen LogP contribution in [0, 0.1) is 0 Å². The molecule has 1 heterocycles. The first-order valence-electron chi connectivity index (χ1n) is 2.51. The lowest BCUT2D eigenvalue weighted by molar-refractivity contribution is -0.136. The molecule has 1 atom stereocenters. The molecule has 0 radical (unpaired) electrons. The fourth-order valence-electron chi connectivity index (χ4n) is 0.483. The number of aliphatic carboxylic acids is 1. The minimum Gasteiger partial charge on any atom is -0.480 e. The van der Waals surface area contributed by atoms with Gasteiger partial charge in [-0.3, -0.25) is 4.79 Å². The normalized spacial score (nSPS) is 12.9.